The predicted octanol–water partition coefficient (Wildman–Crippen LogP) is 2.61. The molecule has 1 unspecified atom stereocenters. The quantitative estimate of drug-likeness (QED) is 0.918. The highest BCUT2D eigenvalue weighted by molar-refractivity contribution is 9.10. The molecule has 19 heavy (non-hydrogen) atoms. The first-order valence-electron chi connectivity index (χ1n) is 6.09. The molecule has 1 heterocycles. The van der Waals surface area contributed by atoms with Crippen molar-refractivity contribution in [3.63, 3.8) is 0 Å². The largest absolute Gasteiger partial charge is 0.310 e. The summed E-state index contributed by atoms with van der Waals surface area (Å²) in [7, 11) is 1.84. The zero-order valence-electron chi connectivity index (χ0n) is 10.9. The summed E-state index contributed by atoms with van der Waals surface area (Å²) in [6.07, 6.45) is 2.40. The van der Waals surface area contributed by atoms with E-state index >= 15 is 0 Å². The Kier molecular flexibility index (Phi) is 4.66. The molecule has 102 valence electrons. The number of halogens is 2. The van der Waals surface area contributed by atoms with Gasteiger partial charge in [-0.15, -0.1) is 0 Å². The zero-order valence-corrected chi connectivity index (χ0v) is 12.5. The maximum Gasteiger partial charge on any atom is 0.151 e. The fraction of sp³-hybridized carbons (Fsp3) is 0.385. The van der Waals surface area contributed by atoms with Crippen molar-refractivity contribution in [3.05, 3.63) is 46.2 Å². The smallest absolute Gasteiger partial charge is 0.151 e. The molecule has 6 heteroatoms. The lowest BCUT2D eigenvalue weighted by atomic mass is 10.1. The van der Waals surface area contributed by atoms with Crippen molar-refractivity contribution in [2.24, 2.45) is 7.05 Å². The van der Waals surface area contributed by atoms with E-state index in [4.69, 9.17) is 0 Å². The average Bonchev–Trinajstić information content (AvgIpc) is 2.78. The van der Waals surface area contributed by atoms with Gasteiger partial charge in [0.25, 0.3) is 0 Å². The maximum atomic E-state index is 13.7. The summed E-state index contributed by atoms with van der Waals surface area (Å²) in [5, 5.41) is 7.47. The van der Waals surface area contributed by atoms with Gasteiger partial charge in [-0.1, -0.05) is 15.9 Å². The molecule has 0 saturated carbocycles. The van der Waals surface area contributed by atoms with Gasteiger partial charge >= 0.3 is 0 Å². The number of benzene rings is 1. The molecule has 0 aliphatic heterocycles. The number of nitrogens with zero attached hydrogens (tertiary/aromatic N) is 3. The van der Waals surface area contributed by atoms with E-state index < -0.39 is 0 Å². The normalized spacial score (nSPS) is 12.6. The zero-order chi connectivity index (χ0) is 13.8. The summed E-state index contributed by atoms with van der Waals surface area (Å²) >= 11 is 3.36. The molecule has 0 spiro atoms. The second kappa shape index (κ2) is 6.25. The molecule has 0 saturated heterocycles. The Hall–Kier alpha value is -1.27. The highest BCUT2D eigenvalue weighted by atomic mass is 79.9. The number of hydrogen-bond acceptors (Lipinski definition) is 3. The van der Waals surface area contributed by atoms with Crippen LogP contribution in [0.4, 0.5) is 4.39 Å². The third kappa shape index (κ3) is 3.84. The molecule has 0 radical (unpaired) electrons. The number of aryl methyl sites for hydroxylation is 1. The number of nitrogens with one attached hydrogen (secondary N) is 1. The van der Waals surface area contributed by atoms with Crippen LogP contribution >= 0.6 is 15.9 Å². The van der Waals surface area contributed by atoms with Crippen LogP contribution in [0, 0.1) is 5.82 Å². The molecule has 0 fully saturated rings. The highest BCUT2D eigenvalue weighted by Gasteiger charge is 2.11. The molecule has 1 aromatic heterocycles. The predicted molar refractivity (Wildman–Crippen MR) is 75.2 cm³/mol. The van der Waals surface area contributed by atoms with E-state index in [0.29, 0.717) is 12.1 Å². The molecule has 1 atom stereocenters. The van der Waals surface area contributed by atoms with Gasteiger partial charge in [0.2, 0.25) is 0 Å². The third-order valence-electron chi connectivity index (χ3n) is 2.87. The first-order chi connectivity index (χ1) is 9.06. The Labute approximate surface area is 120 Å². The van der Waals surface area contributed by atoms with Crippen molar-refractivity contribution >= 4 is 15.9 Å². The van der Waals surface area contributed by atoms with E-state index in [1.54, 1.807) is 23.1 Å². The molecule has 2 aromatic rings. The van der Waals surface area contributed by atoms with Gasteiger partial charge in [0, 0.05) is 36.1 Å². The van der Waals surface area contributed by atoms with Gasteiger partial charge in [0.15, 0.2) is 5.82 Å². The van der Waals surface area contributed by atoms with Crippen LogP contribution in [0.15, 0.2) is 29.0 Å². The highest BCUT2D eigenvalue weighted by Crippen LogP contribution is 2.21. The Bertz CT molecular complexity index is 555. The maximum absolute atomic E-state index is 13.7. The summed E-state index contributed by atoms with van der Waals surface area (Å²) in [4.78, 5) is 4.15. The average molecular weight is 327 g/mol. The molecule has 0 aliphatic rings. The second-order valence-electron chi connectivity index (χ2n) is 4.43. The summed E-state index contributed by atoms with van der Waals surface area (Å²) in [5.41, 5.74) is 0.656. The van der Waals surface area contributed by atoms with Gasteiger partial charge in [0.05, 0.1) is 0 Å². The molecule has 4 nitrogen and oxygen atoms in total. The molecule has 0 bridgehead atoms. The SMILES string of the molecule is CC(NCCc1ncn(C)n1)c1cc(Br)ccc1F. The van der Waals surface area contributed by atoms with Crippen LogP contribution in [-0.4, -0.2) is 21.3 Å². The Morgan fingerprint density at radius 1 is 1.47 bits per heavy atom. The molecule has 1 N–H and O–H groups in total. The van der Waals surface area contributed by atoms with E-state index in [0.717, 1.165) is 16.7 Å². The number of hydrogen-bond donors (Lipinski definition) is 1. The van der Waals surface area contributed by atoms with Crippen LogP contribution in [0.3, 0.4) is 0 Å². The van der Waals surface area contributed by atoms with Gasteiger partial charge in [0.1, 0.15) is 12.1 Å². The van der Waals surface area contributed by atoms with Crippen LogP contribution in [0.25, 0.3) is 0 Å². The van der Waals surface area contributed by atoms with Gasteiger partial charge in [-0.3, -0.25) is 4.68 Å². The van der Waals surface area contributed by atoms with E-state index in [1.165, 1.54) is 6.07 Å². The third-order valence-corrected chi connectivity index (χ3v) is 3.36. The van der Waals surface area contributed by atoms with Crippen molar-refractivity contribution in [3.8, 4) is 0 Å². The first-order valence-corrected chi connectivity index (χ1v) is 6.88. The second-order valence-corrected chi connectivity index (χ2v) is 5.34. The lowest BCUT2D eigenvalue weighted by Crippen LogP contribution is -2.22. The monoisotopic (exact) mass is 326 g/mol. The Balaban J connectivity index is 1.90. The lowest BCUT2D eigenvalue weighted by molar-refractivity contribution is 0.527. The summed E-state index contributed by atoms with van der Waals surface area (Å²) in [6.45, 7) is 2.65. The van der Waals surface area contributed by atoms with E-state index in [9.17, 15) is 4.39 Å². The summed E-state index contributed by atoms with van der Waals surface area (Å²) < 4.78 is 16.2. The summed E-state index contributed by atoms with van der Waals surface area (Å²) in [5.74, 6) is 0.594. The van der Waals surface area contributed by atoms with Crippen molar-refractivity contribution < 1.29 is 4.39 Å². The van der Waals surface area contributed by atoms with Gasteiger partial charge in [-0.25, -0.2) is 9.37 Å². The Morgan fingerprint density at radius 3 is 2.95 bits per heavy atom. The topological polar surface area (TPSA) is 42.7 Å². The minimum Gasteiger partial charge on any atom is -0.310 e. The van der Waals surface area contributed by atoms with Crippen molar-refractivity contribution in [2.75, 3.05) is 6.54 Å². The van der Waals surface area contributed by atoms with E-state index in [-0.39, 0.29) is 11.9 Å². The van der Waals surface area contributed by atoms with Crippen molar-refractivity contribution in [2.45, 2.75) is 19.4 Å². The molecule has 1 aromatic carbocycles. The van der Waals surface area contributed by atoms with Gasteiger partial charge in [-0.05, 0) is 25.1 Å². The van der Waals surface area contributed by atoms with E-state index in [2.05, 4.69) is 31.3 Å². The Morgan fingerprint density at radius 2 is 2.26 bits per heavy atom. The fourth-order valence-corrected chi connectivity index (χ4v) is 2.23. The first kappa shape index (κ1) is 14.1. The van der Waals surface area contributed by atoms with Crippen molar-refractivity contribution in [1.82, 2.24) is 20.1 Å². The van der Waals surface area contributed by atoms with Crippen LogP contribution < -0.4 is 5.32 Å². The van der Waals surface area contributed by atoms with Crippen LogP contribution in [-0.2, 0) is 13.5 Å². The van der Waals surface area contributed by atoms with Gasteiger partial charge < -0.3 is 5.32 Å². The van der Waals surface area contributed by atoms with E-state index in [1.807, 2.05) is 14.0 Å². The number of rotatable bonds is 5. The molecule has 0 aliphatic carbocycles. The van der Waals surface area contributed by atoms with Crippen LogP contribution in [0.2, 0.25) is 0 Å². The molecular formula is C13H16BrFN4. The lowest BCUT2D eigenvalue weighted by Gasteiger charge is -2.14. The molecular weight excluding hydrogens is 311 g/mol. The van der Waals surface area contributed by atoms with Crippen LogP contribution in [0.1, 0.15) is 24.4 Å². The molecule has 0 amide bonds. The van der Waals surface area contributed by atoms with Crippen molar-refractivity contribution in [1.29, 1.82) is 0 Å². The molecule has 2 rings (SSSR count). The standard InChI is InChI=1S/C13H16BrFN4/c1-9(11-7-10(14)3-4-12(11)15)16-6-5-13-17-8-19(2)18-13/h3-4,7-9,16H,5-6H2,1-2H3. The summed E-state index contributed by atoms with van der Waals surface area (Å²) in [6, 6.07) is 4.91. The number of aromatic nitrogens is 3. The van der Waals surface area contributed by atoms with Gasteiger partial charge in [-0.2, -0.15) is 5.10 Å². The van der Waals surface area contributed by atoms with Crippen LogP contribution in [0.5, 0.6) is 0 Å². The minimum atomic E-state index is -0.195. The minimum absolute atomic E-state index is 0.0544. The fourth-order valence-electron chi connectivity index (χ4n) is 1.86.